The Labute approximate surface area is 124 Å². The van der Waals surface area contributed by atoms with Gasteiger partial charge in [-0.05, 0) is 23.8 Å². The first-order valence-corrected chi connectivity index (χ1v) is 6.48. The Morgan fingerprint density at radius 3 is 2.30 bits per heavy atom. The SMILES string of the molecule is Fc1cc(Cl)c(NCc2cccc(C(F)F)c2)c(Cl)c1. The molecule has 0 fully saturated rings. The minimum Gasteiger partial charge on any atom is -0.379 e. The number of nitrogens with one attached hydrogen (secondary N) is 1. The highest BCUT2D eigenvalue weighted by Gasteiger charge is 2.10. The summed E-state index contributed by atoms with van der Waals surface area (Å²) in [5.41, 5.74) is 0.969. The largest absolute Gasteiger partial charge is 0.379 e. The van der Waals surface area contributed by atoms with Gasteiger partial charge >= 0.3 is 0 Å². The van der Waals surface area contributed by atoms with Crippen molar-refractivity contribution in [2.45, 2.75) is 13.0 Å². The van der Waals surface area contributed by atoms with Gasteiger partial charge in [-0.15, -0.1) is 0 Å². The van der Waals surface area contributed by atoms with Gasteiger partial charge in [0.1, 0.15) is 5.82 Å². The topological polar surface area (TPSA) is 12.0 Å². The second-order valence-electron chi connectivity index (χ2n) is 4.14. The van der Waals surface area contributed by atoms with E-state index in [0.29, 0.717) is 11.3 Å². The second kappa shape index (κ2) is 6.37. The van der Waals surface area contributed by atoms with Crippen LogP contribution < -0.4 is 5.32 Å². The van der Waals surface area contributed by atoms with Crippen LogP contribution in [0.3, 0.4) is 0 Å². The van der Waals surface area contributed by atoms with E-state index in [1.165, 1.54) is 12.1 Å². The van der Waals surface area contributed by atoms with E-state index in [9.17, 15) is 13.2 Å². The van der Waals surface area contributed by atoms with E-state index in [4.69, 9.17) is 23.2 Å². The summed E-state index contributed by atoms with van der Waals surface area (Å²) in [6, 6.07) is 8.25. The Balaban J connectivity index is 2.15. The summed E-state index contributed by atoms with van der Waals surface area (Å²) in [4.78, 5) is 0. The molecule has 0 amide bonds. The molecule has 0 heterocycles. The molecule has 0 saturated carbocycles. The van der Waals surface area contributed by atoms with E-state index in [1.54, 1.807) is 12.1 Å². The van der Waals surface area contributed by atoms with Gasteiger partial charge in [-0.25, -0.2) is 13.2 Å². The lowest BCUT2D eigenvalue weighted by molar-refractivity contribution is 0.151. The van der Waals surface area contributed by atoms with Crippen molar-refractivity contribution in [1.82, 2.24) is 0 Å². The van der Waals surface area contributed by atoms with E-state index >= 15 is 0 Å². The number of hydrogen-bond donors (Lipinski definition) is 1. The number of anilines is 1. The maximum absolute atomic E-state index is 13.0. The summed E-state index contributed by atoms with van der Waals surface area (Å²) >= 11 is 11.8. The van der Waals surface area contributed by atoms with Crippen molar-refractivity contribution >= 4 is 28.9 Å². The first kappa shape index (κ1) is 15.0. The van der Waals surface area contributed by atoms with Crippen LogP contribution in [0.4, 0.5) is 18.9 Å². The summed E-state index contributed by atoms with van der Waals surface area (Å²) in [6.07, 6.45) is -2.52. The van der Waals surface area contributed by atoms with Crippen molar-refractivity contribution in [3.63, 3.8) is 0 Å². The Morgan fingerprint density at radius 2 is 1.70 bits per heavy atom. The molecule has 0 aromatic heterocycles. The van der Waals surface area contributed by atoms with Gasteiger partial charge in [-0.3, -0.25) is 0 Å². The highest BCUT2D eigenvalue weighted by Crippen LogP contribution is 2.31. The zero-order valence-electron chi connectivity index (χ0n) is 10.1. The highest BCUT2D eigenvalue weighted by molar-refractivity contribution is 6.39. The standard InChI is InChI=1S/C14H10Cl2F3N/c15-11-5-10(17)6-12(16)13(11)20-7-8-2-1-3-9(4-8)14(18)19/h1-6,14,20H,7H2. The molecule has 0 aliphatic carbocycles. The molecule has 1 nitrogen and oxygen atoms in total. The molecule has 2 rings (SSSR count). The summed E-state index contributed by atoms with van der Waals surface area (Å²) in [5.74, 6) is -0.537. The summed E-state index contributed by atoms with van der Waals surface area (Å²) < 4.78 is 38.2. The van der Waals surface area contributed by atoms with Crippen LogP contribution >= 0.6 is 23.2 Å². The van der Waals surface area contributed by atoms with Crippen molar-refractivity contribution < 1.29 is 13.2 Å². The molecule has 0 aliphatic heterocycles. The van der Waals surface area contributed by atoms with Crippen LogP contribution in [0.25, 0.3) is 0 Å². The van der Waals surface area contributed by atoms with Crippen molar-refractivity contribution in [1.29, 1.82) is 0 Å². The Kier molecular flexibility index (Phi) is 4.78. The van der Waals surface area contributed by atoms with Crippen molar-refractivity contribution in [3.8, 4) is 0 Å². The minimum atomic E-state index is -2.52. The molecular weight excluding hydrogens is 310 g/mol. The van der Waals surface area contributed by atoms with Crippen molar-refractivity contribution in [2.24, 2.45) is 0 Å². The Hall–Kier alpha value is -1.39. The molecule has 1 N–H and O–H groups in total. The van der Waals surface area contributed by atoms with Crippen LogP contribution in [-0.2, 0) is 6.54 Å². The fraction of sp³-hybridized carbons (Fsp3) is 0.143. The quantitative estimate of drug-likeness (QED) is 0.764. The molecule has 6 heteroatoms. The average Bonchev–Trinajstić information content (AvgIpc) is 2.37. The zero-order valence-corrected chi connectivity index (χ0v) is 11.7. The summed E-state index contributed by atoms with van der Waals surface area (Å²) in [5, 5.41) is 3.19. The minimum absolute atomic E-state index is 0.0550. The van der Waals surface area contributed by atoms with Gasteiger partial charge in [0.15, 0.2) is 0 Å². The highest BCUT2D eigenvalue weighted by atomic mass is 35.5. The van der Waals surface area contributed by atoms with Gasteiger partial charge in [-0.1, -0.05) is 41.4 Å². The lowest BCUT2D eigenvalue weighted by Crippen LogP contribution is -2.01. The predicted molar refractivity (Wildman–Crippen MR) is 75.1 cm³/mol. The van der Waals surface area contributed by atoms with Crippen molar-refractivity contribution in [3.05, 3.63) is 63.4 Å². The third-order valence-corrected chi connectivity index (χ3v) is 3.28. The van der Waals surface area contributed by atoms with E-state index in [2.05, 4.69) is 5.32 Å². The number of halogens is 5. The Bertz CT molecular complexity index is 594. The zero-order chi connectivity index (χ0) is 14.7. The monoisotopic (exact) mass is 319 g/mol. The summed E-state index contributed by atoms with van der Waals surface area (Å²) in [6.45, 7) is 0.256. The molecule has 0 saturated heterocycles. The van der Waals surface area contributed by atoms with Crippen molar-refractivity contribution in [2.75, 3.05) is 5.32 Å². The molecule has 2 aromatic carbocycles. The normalized spacial score (nSPS) is 10.9. The lowest BCUT2D eigenvalue weighted by atomic mass is 10.1. The number of alkyl halides is 2. The fourth-order valence-corrected chi connectivity index (χ4v) is 2.33. The first-order valence-electron chi connectivity index (χ1n) is 5.73. The maximum atomic E-state index is 13.0. The second-order valence-corrected chi connectivity index (χ2v) is 4.96. The molecule has 0 atom stereocenters. The fourth-order valence-electron chi connectivity index (χ4n) is 1.74. The Morgan fingerprint density at radius 1 is 1.05 bits per heavy atom. The van der Waals surface area contributed by atoms with Gasteiger partial charge in [0.05, 0.1) is 15.7 Å². The van der Waals surface area contributed by atoms with Crippen LogP contribution in [0, 0.1) is 5.82 Å². The van der Waals surface area contributed by atoms with E-state index in [1.807, 2.05) is 0 Å². The van der Waals surface area contributed by atoms with Gasteiger partial charge in [0.2, 0.25) is 0 Å². The first-order chi connectivity index (χ1) is 9.47. The number of rotatable bonds is 4. The van der Waals surface area contributed by atoms with Crippen LogP contribution in [0.2, 0.25) is 10.0 Å². The molecule has 0 unspecified atom stereocenters. The van der Waals surface area contributed by atoms with Crippen LogP contribution in [0.15, 0.2) is 36.4 Å². The van der Waals surface area contributed by atoms with E-state index < -0.39 is 12.2 Å². The van der Waals surface area contributed by atoms with Gasteiger partial charge in [0.25, 0.3) is 6.43 Å². The van der Waals surface area contributed by atoms with Crippen LogP contribution in [-0.4, -0.2) is 0 Å². The molecule has 20 heavy (non-hydrogen) atoms. The molecular formula is C14H10Cl2F3N. The lowest BCUT2D eigenvalue weighted by Gasteiger charge is -2.11. The van der Waals surface area contributed by atoms with Gasteiger partial charge < -0.3 is 5.32 Å². The van der Waals surface area contributed by atoms with Gasteiger partial charge in [-0.2, -0.15) is 0 Å². The molecule has 0 spiro atoms. The maximum Gasteiger partial charge on any atom is 0.263 e. The molecule has 106 valence electrons. The van der Waals surface area contributed by atoms with Gasteiger partial charge in [0, 0.05) is 12.1 Å². The predicted octanol–water partition coefficient (Wildman–Crippen LogP) is 5.68. The molecule has 2 aromatic rings. The average molecular weight is 320 g/mol. The van der Waals surface area contributed by atoms with Crippen LogP contribution in [0.5, 0.6) is 0 Å². The van der Waals surface area contributed by atoms with E-state index in [-0.39, 0.29) is 22.2 Å². The summed E-state index contributed by atoms with van der Waals surface area (Å²) in [7, 11) is 0. The molecule has 0 radical (unpaired) electrons. The molecule has 0 aliphatic rings. The third kappa shape index (κ3) is 3.58. The van der Waals surface area contributed by atoms with E-state index in [0.717, 1.165) is 12.1 Å². The smallest absolute Gasteiger partial charge is 0.263 e. The number of benzene rings is 2. The van der Waals surface area contributed by atoms with Crippen LogP contribution in [0.1, 0.15) is 17.6 Å². The number of hydrogen-bond acceptors (Lipinski definition) is 1. The molecule has 0 bridgehead atoms. The third-order valence-electron chi connectivity index (χ3n) is 2.68.